The van der Waals surface area contributed by atoms with E-state index in [1.807, 2.05) is 11.8 Å². The van der Waals surface area contributed by atoms with Gasteiger partial charge in [-0.05, 0) is 28.9 Å². The second kappa shape index (κ2) is 10.3. The van der Waals surface area contributed by atoms with Crippen molar-refractivity contribution in [2.24, 2.45) is 0 Å². The average Bonchev–Trinajstić information content (AvgIpc) is 2.59. The zero-order valence-corrected chi connectivity index (χ0v) is 14.3. The van der Waals surface area contributed by atoms with Crippen molar-refractivity contribution in [1.82, 2.24) is 0 Å². The second-order valence-corrected chi connectivity index (χ2v) is 6.64. The molecule has 0 aromatic heterocycles. The molecule has 116 valence electrons. The van der Waals surface area contributed by atoms with Crippen LogP contribution in [0.25, 0.3) is 5.57 Å². The van der Waals surface area contributed by atoms with Crippen LogP contribution in [0.3, 0.4) is 0 Å². The highest BCUT2D eigenvalue weighted by atomic mass is 32.2. The number of unbranched alkanes of at least 4 members (excludes halogenated alkanes) is 3. The SMILES string of the molecule is CCCCCCSCC=C(c1ccccc1)c1ccccc1. The van der Waals surface area contributed by atoms with Crippen molar-refractivity contribution in [2.75, 3.05) is 11.5 Å². The summed E-state index contributed by atoms with van der Waals surface area (Å²) in [5.74, 6) is 2.36. The van der Waals surface area contributed by atoms with E-state index < -0.39 is 0 Å². The van der Waals surface area contributed by atoms with Gasteiger partial charge >= 0.3 is 0 Å². The Morgan fingerprint density at radius 1 is 0.818 bits per heavy atom. The number of benzene rings is 2. The maximum atomic E-state index is 2.38. The highest BCUT2D eigenvalue weighted by Gasteiger charge is 2.03. The molecule has 0 aliphatic rings. The topological polar surface area (TPSA) is 0 Å². The Morgan fingerprint density at radius 2 is 1.41 bits per heavy atom. The van der Waals surface area contributed by atoms with Gasteiger partial charge in [0.05, 0.1) is 0 Å². The smallest absolute Gasteiger partial charge is 0.0122 e. The Kier molecular flexibility index (Phi) is 7.90. The lowest BCUT2D eigenvalue weighted by Crippen LogP contribution is -1.89. The summed E-state index contributed by atoms with van der Waals surface area (Å²) in [6.45, 7) is 2.27. The van der Waals surface area contributed by atoms with Gasteiger partial charge in [-0.15, -0.1) is 0 Å². The molecule has 0 unspecified atom stereocenters. The van der Waals surface area contributed by atoms with E-state index in [0.717, 1.165) is 5.75 Å². The van der Waals surface area contributed by atoms with Gasteiger partial charge < -0.3 is 0 Å². The minimum atomic E-state index is 1.09. The lowest BCUT2D eigenvalue weighted by atomic mass is 9.98. The van der Waals surface area contributed by atoms with Gasteiger partial charge in [0.2, 0.25) is 0 Å². The largest absolute Gasteiger partial charge is 0.158 e. The Labute approximate surface area is 139 Å². The number of hydrogen-bond acceptors (Lipinski definition) is 1. The third-order valence-corrected chi connectivity index (χ3v) is 4.70. The standard InChI is InChI=1S/C21H26S/c1-2-3-4-11-17-22-18-16-21(19-12-7-5-8-13-19)20-14-9-6-10-15-20/h5-10,12-16H,2-4,11,17-18H2,1H3. The summed E-state index contributed by atoms with van der Waals surface area (Å²) in [6, 6.07) is 21.4. The summed E-state index contributed by atoms with van der Waals surface area (Å²) in [4.78, 5) is 0. The van der Waals surface area contributed by atoms with E-state index in [1.54, 1.807) is 0 Å². The molecule has 0 atom stereocenters. The Hall–Kier alpha value is -1.47. The van der Waals surface area contributed by atoms with Crippen LogP contribution in [-0.4, -0.2) is 11.5 Å². The molecule has 0 N–H and O–H groups in total. The van der Waals surface area contributed by atoms with Gasteiger partial charge in [-0.2, -0.15) is 11.8 Å². The number of hydrogen-bond donors (Lipinski definition) is 0. The van der Waals surface area contributed by atoms with Crippen molar-refractivity contribution in [2.45, 2.75) is 32.6 Å². The van der Waals surface area contributed by atoms with Crippen molar-refractivity contribution < 1.29 is 0 Å². The second-order valence-electron chi connectivity index (χ2n) is 5.49. The normalized spacial score (nSPS) is 10.4. The Bertz CT molecular complexity index is 501. The summed E-state index contributed by atoms with van der Waals surface area (Å²) in [6.07, 6.45) is 7.79. The highest BCUT2D eigenvalue weighted by molar-refractivity contribution is 7.99. The van der Waals surface area contributed by atoms with Gasteiger partial charge in [-0.1, -0.05) is 92.9 Å². The van der Waals surface area contributed by atoms with Crippen LogP contribution in [0, 0.1) is 0 Å². The molecule has 0 amide bonds. The number of rotatable bonds is 9. The first-order valence-electron chi connectivity index (χ1n) is 8.30. The van der Waals surface area contributed by atoms with Crippen molar-refractivity contribution in [3.63, 3.8) is 0 Å². The molecule has 2 aromatic rings. The van der Waals surface area contributed by atoms with Crippen LogP contribution in [0.1, 0.15) is 43.7 Å². The monoisotopic (exact) mass is 310 g/mol. The van der Waals surface area contributed by atoms with Crippen molar-refractivity contribution in [3.8, 4) is 0 Å². The van der Waals surface area contributed by atoms with Crippen LogP contribution < -0.4 is 0 Å². The molecule has 0 fully saturated rings. The van der Waals surface area contributed by atoms with Crippen LogP contribution in [-0.2, 0) is 0 Å². The van der Waals surface area contributed by atoms with Crippen molar-refractivity contribution in [1.29, 1.82) is 0 Å². The molecule has 0 radical (unpaired) electrons. The van der Waals surface area contributed by atoms with E-state index in [9.17, 15) is 0 Å². The lowest BCUT2D eigenvalue weighted by Gasteiger charge is -2.09. The van der Waals surface area contributed by atoms with Crippen molar-refractivity contribution >= 4 is 17.3 Å². The van der Waals surface area contributed by atoms with Gasteiger partial charge in [-0.3, -0.25) is 0 Å². The van der Waals surface area contributed by atoms with Gasteiger partial charge in [-0.25, -0.2) is 0 Å². The molecule has 2 rings (SSSR count). The van der Waals surface area contributed by atoms with Crippen LogP contribution in [0.4, 0.5) is 0 Å². The van der Waals surface area contributed by atoms with Gasteiger partial charge in [0.1, 0.15) is 0 Å². The summed E-state index contributed by atoms with van der Waals surface area (Å²) < 4.78 is 0. The quantitative estimate of drug-likeness (QED) is 0.481. The minimum Gasteiger partial charge on any atom is -0.158 e. The van der Waals surface area contributed by atoms with E-state index in [2.05, 4.69) is 73.7 Å². The molecular formula is C21H26S. The van der Waals surface area contributed by atoms with E-state index in [1.165, 1.54) is 48.1 Å². The Balaban J connectivity index is 1.98. The molecular weight excluding hydrogens is 284 g/mol. The zero-order valence-electron chi connectivity index (χ0n) is 13.5. The Morgan fingerprint density at radius 3 is 1.95 bits per heavy atom. The van der Waals surface area contributed by atoms with Crippen LogP contribution in [0.5, 0.6) is 0 Å². The van der Waals surface area contributed by atoms with E-state index in [-0.39, 0.29) is 0 Å². The molecule has 0 heterocycles. The molecule has 0 saturated heterocycles. The first-order chi connectivity index (χ1) is 10.9. The predicted octanol–water partition coefficient (Wildman–Crippen LogP) is 6.43. The molecule has 0 saturated carbocycles. The lowest BCUT2D eigenvalue weighted by molar-refractivity contribution is 0.706. The first-order valence-corrected chi connectivity index (χ1v) is 9.46. The van der Waals surface area contributed by atoms with E-state index >= 15 is 0 Å². The molecule has 0 nitrogen and oxygen atoms in total. The average molecular weight is 311 g/mol. The summed E-state index contributed by atoms with van der Waals surface area (Å²) >= 11 is 2.04. The molecule has 0 aliphatic carbocycles. The van der Waals surface area contributed by atoms with Crippen LogP contribution in [0.2, 0.25) is 0 Å². The molecule has 0 aliphatic heterocycles. The fourth-order valence-electron chi connectivity index (χ4n) is 2.49. The fraction of sp³-hybridized carbons (Fsp3) is 0.333. The van der Waals surface area contributed by atoms with Gasteiger partial charge in [0.15, 0.2) is 0 Å². The van der Waals surface area contributed by atoms with Gasteiger partial charge in [0.25, 0.3) is 0 Å². The predicted molar refractivity (Wildman–Crippen MR) is 101 cm³/mol. The summed E-state index contributed by atoms with van der Waals surface area (Å²) in [5.41, 5.74) is 3.96. The molecule has 22 heavy (non-hydrogen) atoms. The first kappa shape index (κ1) is 16.9. The van der Waals surface area contributed by atoms with Crippen molar-refractivity contribution in [3.05, 3.63) is 77.9 Å². The van der Waals surface area contributed by atoms with E-state index in [4.69, 9.17) is 0 Å². The third-order valence-electron chi connectivity index (χ3n) is 3.72. The summed E-state index contributed by atoms with van der Waals surface area (Å²) in [5, 5.41) is 0. The minimum absolute atomic E-state index is 1.09. The number of thioether (sulfide) groups is 1. The molecule has 0 bridgehead atoms. The highest BCUT2D eigenvalue weighted by Crippen LogP contribution is 2.24. The molecule has 2 aromatic carbocycles. The molecule has 0 spiro atoms. The van der Waals surface area contributed by atoms with E-state index in [0.29, 0.717) is 0 Å². The maximum absolute atomic E-state index is 2.38. The fourth-order valence-corrected chi connectivity index (χ4v) is 3.35. The maximum Gasteiger partial charge on any atom is 0.0122 e. The van der Waals surface area contributed by atoms with Crippen LogP contribution >= 0.6 is 11.8 Å². The summed E-state index contributed by atoms with van der Waals surface area (Å²) in [7, 11) is 0. The zero-order chi connectivity index (χ0) is 15.5. The molecule has 1 heteroatoms. The van der Waals surface area contributed by atoms with Gasteiger partial charge in [0, 0.05) is 5.75 Å². The third kappa shape index (κ3) is 5.73. The van der Waals surface area contributed by atoms with Crippen LogP contribution in [0.15, 0.2) is 66.7 Å².